The fourth-order valence-electron chi connectivity index (χ4n) is 3.51. The van der Waals surface area contributed by atoms with E-state index in [4.69, 9.17) is 5.11 Å². The van der Waals surface area contributed by atoms with E-state index in [9.17, 15) is 8.42 Å². The third kappa shape index (κ3) is 2.66. The number of aliphatic hydroxyl groups excluding tert-OH is 1. The summed E-state index contributed by atoms with van der Waals surface area (Å²) in [5.41, 5.74) is 0.691. The van der Waals surface area contributed by atoms with Crippen LogP contribution in [0.15, 0.2) is 27.6 Å². The lowest BCUT2D eigenvalue weighted by molar-refractivity contribution is 0.281. The Labute approximate surface area is 127 Å². The lowest BCUT2D eigenvalue weighted by atomic mass is 9.96. The number of rotatable bonds is 4. The highest BCUT2D eigenvalue weighted by Gasteiger charge is 2.41. The molecule has 0 heterocycles. The van der Waals surface area contributed by atoms with Gasteiger partial charge in [0.1, 0.15) is 0 Å². The van der Waals surface area contributed by atoms with E-state index in [1.54, 1.807) is 18.2 Å². The molecule has 2 N–H and O–H groups in total. The minimum Gasteiger partial charge on any atom is -0.392 e. The molecule has 3 atom stereocenters. The molecule has 0 aromatic heterocycles. The molecule has 0 saturated heterocycles. The van der Waals surface area contributed by atoms with Crippen molar-refractivity contribution in [2.24, 2.45) is 11.8 Å². The Morgan fingerprint density at radius 1 is 1.30 bits per heavy atom. The number of aliphatic hydroxyl groups is 1. The molecule has 0 radical (unpaired) electrons. The maximum atomic E-state index is 12.5. The van der Waals surface area contributed by atoms with Crippen LogP contribution in [0.3, 0.4) is 0 Å². The average molecular weight is 360 g/mol. The van der Waals surface area contributed by atoms with Crippen molar-refractivity contribution in [2.45, 2.75) is 43.2 Å². The summed E-state index contributed by atoms with van der Waals surface area (Å²) in [6.45, 7) is -0.0985. The summed E-state index contributed by atoms with van der Waals surface area (Å²) in [5.74, 6) is 1.21. The Hall–Kier alpha value is -0.430. The number of hydrogen-bond donors (Lipinski definition) is 2. The van der Waals surface area contributed by atoms with E-state index in [1.807, 2.05) is 0 Å². The Morgan fingerprint density at radius 2 is 2.10 bits per heavy atom. The van der Waals surface area contributed by atoms with Crippen molar-refractivity contribution in [1.29, 1.82) is 0 Å². The van der Waals surface area contributed by atoms with Crippen molar-refractivity contribution in [3.8, 4) is 0 Å². The molecule has 1 aromatic rings. The number of benzene rings is 1. The third-order valence-electron chi connectivity index (χ3n) is 4.51. The van der Waals surface area contributed by atoms with E-state index >= 15 is 0 Å². The van der Waals surface area contributed by atoms with Crippen LogP contribution in [0.5, 0.6) is 0 Å². The van der Waals surface area contributed by atoms with Gasteiger partial charge in [0.15, 0.2) is 0 Å². The molecule has 110 valence electrons. The van der Waals surface area contributed by atoms with Gasteiger partial charge >= 0.3 is 0 Å². The molecule has 2 fully saturated rings. The molecular weight excluding hydrogens is 342 g/mol. The first kappa shape index (κ1) is 14.5. The van der Waals surface area contributed by atoms with Crippen LogP contribution in [0.2, 0.25) is 0 Å². The minimum absolute atomic E-state index is 0.0863. The molecule has 3 unspecified atom stereocenters. The predicted molar refractivity (Wildman–Crippen MR) is 79.6 cm³/mol. The van der Waals surface area contributed by atoms with Crippen molar-refractivity contribution >= 4 is 26.0 Å². The van der Waals surface area contributed by atoms with E-state index in [0.717, 1.165) is 19.3 Å². The van der Waals surface area contributed by atoms with Crippen LogP contribution in [0.4, 0.5) is 0 Å². The summed E-state index contributed by atoms with van der Waals surface area (Å²) >= 11 is 3.28. The summed E-state index contributed by atoms with van der Waals surface area (Å²) in [6.07, 6.45) is 4.52. The maximum Gasteiger partial charge on any atom is 0.241 e. The Balaban J connectivity index is 1.81. The van der Waals surface area contributed by atoms with Gasteiger partial charge in [0.25, 0.3) is 0 Å². The normalized spacial score (nSPS) is 29.0. The second-order valence-corrected chi connectivity index (χ2v) is 8.36. The van der Waals surface area contributed by atoms with Crippen LogP contribution < -0.4 is 4.72 Å². The van der Waals surface area contributed by atoms with Crippen molar-refractivity contribution in [3.05, 3.63) is 28.2 Å². The lowest BCUT2D eigenvalue weighted by Crippen LogP contribution is -2.38. The summed E-state index contributed by atoms with van der Waals surface area (Å²) in [7, 11) is -3.50. The maximum absolute atomic E-state index is 12.5. The van der Waals surface area contributed by atoms with Gasteiger partial charge in [-0.25, -0.2) is 13.1 Å². The van der Waals surface area contributed by atoms with E-state index in [2.05, 4.69) is 20.7 Å². The molecule has 2 saturated carbocycles. The SMILES string of the molecule is O=S(=O)(NC1CC2CCC1C2)c1ccc(CO)cc1Br. The Morgan fingerprint density at radius 3 is 2.65 bits per heavy atom. The Bertz CT molecular complexity index is 617. The molecule has 6 heteroatoms. The van der Waals surface area contributed by atoms with E-state index in [1.165, 1.54) is 6.42 Å². The quantitative estimate of drug-likeness (QED) is 0.867. The smallest absolute Gasteiger partial charge is 0.241 e. The van der Waals surface area contributed by atoms with Gasteiger partial charge in [0.2, 0.25) is 10.0 Å². The number of halogens is 1. The molecule has 0 spiro atoms. The highest BCUT2D eigenvalue weighted by Crippen LogP contribution is 2.45. The van der Waals surface area contributed by atoms with Gasteiger partial charge in [-0.05, 0) is 64.7 Å². The summed E-state index contributed by atoms with van der Waals surface area (Å²) in [5, 5.41) is 9.07. The van der Waals surface area contributed by atoms with Gasteiger partial charge in [0.05, 0.1) is 11.5 Å². The first-order valence-corrected chi connectivity index (χ1v) is 9.19. The zero-order chi connectivity index (χ0) is 14.3. The van der Waals surface area contributed by atoms with Gasteiger partial charge in [0, 0.05) is 10.5 Å². The zero-order valence-electron chi connectivity index (χ0n) is 11.0. The standard InChI is InChI=1S/C14H18BrNO3S/c15-12-6-10(8-17)2-4-14(12)20(18,19)16-13-7-9-1-3-11(13)5-9/h2,4,6,9,11,13,16-17H,1,3,5,7-8H2. The number of hydrogen-bond acceptors (Lipinski definition) is 3. The zero-order valence-corrected chi connectivity index (χ0v) is 13.5. The molecule has 0 amide bonds. The van der Waals surface area contributed by atoms with Gasteiger partial charge in [-0.3, -0.25) is 0 Å². The monoisotopic (exact) mass is 359 g/mol. The summed E-state index contributed by atoms with van der Waals surface area (Å²) < 4.78 is 28.3. The molecule has 2 bridgehead atoms. The molecule has 2 aliphatic rings. The van der Waals surface area contributed by atoms with E-state index < -0.39 is 10.0 Å². The Kier molecular flexibility index (Phi) is 3.92. The van der Waals surface area contributed by atoms with Crippen LogP contribution in [0.25, 0.3) is 0 Å². The molecule has 0 aliphatic heterocycles. The van der Waals surface area contributed by atoms with Gasteiger partial charge < -0.3 is 5.11 Å². The molecule has 20 heavy (non-hydrogen) atoms. The summed E-state index contributed by atoms with van der Waals surface area (Å²) in [6, 6.07) is 4.92. The molecule has 1 aromatic carbocycles. The summed E-state index contributed by atoms with van der Waals surface area (Å²) in [4.78, 5) is 0.248. The molecule has 4 nitrogen and oxygen atoms in total. The minimum atomic E-state index is -3.50. The number of fused-ring (bicyclic) bond motifs is 2. The predicted octanol–water partition coefficient (Wildman–Crippen LogP) is 2.41. The first-order valence-electron chi connectivity index (χ1n) is 6.91. The fraction of sp³-hybridized carbons (Fsp3) is 0.571. The van der Waals surface area contributed by atoms with Gasteiger partial charge in [-0.15, -0.1) is 0 Å². The van der Waals surface area contributed by atoms with Crippen molar-refractivity contribution in [3.63, 3.8) is 0 Å². The van der Waals surface area contributed by atoms with E-state index in [-0.39, 0.29) is 17.5 Å². The lowest BCUT2D eigenvalue weighted by Gasteiger charge is -2.23. The molecule has 3 rings (SSSR count). The van der Waals surface area contributed by atoms with Gasteiger partial charge in [-0.2, -0.15) is 0 Å². The number of sulfonamides is 1. The third-order valence-corrected chi connectivity index (χ3v) is 6.98. The molecular formula is C14H18BrNO3S. The largest absolute Gasteiger partial charge is 0.392 e. The average Bonchev–Trinajstić information content (AvgIpc) is 2.99. The van der Waals surface area contributed by atoms with Crippen LogP contribution in [0.1, 0.15) is 31.2 Å². The second kappa shape index (κ2) is 5.40. The highest BCUT2D eigenvalue weighted by atomic mass is 79.9. The van der Waals surface area contributed by atoms with E-state index in [0.29, 0.717) is 21.9 Å². The van der Waals surface area contributed by atoms with Crippen molar-refractivity contribution in [2.75, 3.05) is 0 Å². The first-order chi connectivity index (χ1) is 9.49. The second-order valence-electron chi connectivity index (χ2n) is 5.83. The van der Waals surface area contributed by atoms with Crippen LogP contribution in [-0.2, 0) is 16.6 Å². The topological polar surface area (TPSA) is 66.4 Å². The van der Waals surface area contributed by atoms with Crippen molar-refractivity contribution < 1.29 is 13.5 Å². The van der Waals surface area contributed by atoms with Gasteiger partial charge in [-0.1, -0.05) is 12.5 Å². The van der Waals surface area contributed by atoms with Crippen LogP contribution in [-0.4, -0.2) is 19.6 Å². The van der Waals surface area contributed by atoms with Crippen LogP contribution >= 0.6 is 15.9 Å². The fourth-order valence-corrected chi connectivity index (χ4v) is 5.96. The van der Waals surface area contributed by atoms with Crippen molar-refractivity contribution in [1.82, 2.24) is 4.72 Å². The number of nitrogens with one attached hydrogen (secondary N) is 1. The van der Waals surface area contributed by atoms with Crippen LogP contribution in [0, 0.1) is 11.8 Å². The highest BCUT2D eigenvalue weighted by molar-refractivity contribution is 9.10. The molecule has 2 aliphatic carbocycles.